The summed E-state index contributed by atoms with van der Waals surface area (Å²) in [5.41, 5.74) is 5.43. The van der Waals surface area contributed by atoms with Crippen molar-refractivity contribution >= 4 is 0 Å². The molecule has 2 fully saturated rings. The first-order valence-corrected chi connectivity index (χ1v) is 4.69. The Morgan fingerprint density at radius 1 is 1.45 bits per heavy atom. The van der Waals surface area contributed by atoms with Gasteiger partial charge < -0.3 is 10.8 Å². The van der Waals surface area contributed by atoms with Crippen LogP contribution in [0, 0.1) is 5.92 Å². The average molecular weight is 155 g/mol. The maximum atomic E-state index is 9.83. The smallest absolute Gasteiger partial charge is 0.0798 e. The number of rotatable bonds is 3. The molecule has 0 radical (unpaired) electrons. The summed E-state index contributed by atoms with van der Waals surface area (Å²) in [6.07, 6.45) is 6.75. The second-order valence-corrected chi connectivity index (χ2v) is 4.24. The molecule has 1 atom stereocenters. The third-order valence-corrected chi connectivity index (χ3v) is 3.19. The van der Waals surface area contributed by atoms with Crippen molar-refractivity contribution in [2.24, 2.45) is 11.7 Å². The van der Waals surface area contributed by atoms with Gasteiger partial charge in [-0.25, -0.2) is 0 Å². The molecule has 2 nitrogen and oxygen atoms in total. The van der Waals surface area contributed by atoms with E-state index in [2.05, 4.69) is 0 Å². The zero-order valence-electron chi connectivity index (χ0n) is 6.92. The van der Waals surface area contributed by atoms with Crippen LogP contribution in [0.3, 0.4) is 0 Å². The van der Waals surface area contributed by atoms with Gasteiger partial charge in [0.05, 0.1) is 5.60 Å². The van der Waals surface area contributed by atoms with Crippen LogP contribution in [0.25, 0.3) is 0 Å². The molecular weight excluding hydrogens is 138 g/mol. The third-order valence-electron chi connectivity index (χ3n) is 3.19. The molecule has 0 bridgehead atoms. The van der Waals surface area contributed by atoms with Gasteiger partial charge in [0.15, 0.2) is 0 Å². The topological polar surface area (TPSA) is 46.2 Å². The van der Waals surface area contributed by atoms with Crippen LogP contribution in [0.15, 0.2) is 0 Å². The Bertz CT molecular complexity index is 150. The average Bonchev–Trinajstić information content (AvgIpc) is 2.66. The fraction of sp³-hybridized carbons (Fsp3) is 1.00. The molecule has 1 unspecified atom stereocenters. The van der Waals surface area contributed by atoms with Gasteiger partial charge in [-0.1, -0.05) is 12.8 Å². The highest BCUT2D eigenvalue weighted by molar-refractivity contribution is 4.98. The summed E-state index contributed by atoms with van der Waals surface area (Å²) in [7, 11) is 0. The highest BCUT2D eigenvalue weighted by Gasteiger charge is 2.42. The minimum atomic E-state index is -0.470. The summed E-state index contributed by atoms with van der Waals surface area (Å²) < 4.78 is 0. The molecule has 2 saturated carbocycles. The maximum absolute atomic E-state index is 9.83. The van der Waals surface area contributed by atoms with Gasteiger partial charge in [0.1, 0.15) is 0 Å². The van der Waals surface area contributed by atoms with Gasteiger partial charge in [0.25, 0.3) is 0 Å². The van der Waals surface area contributed by atoms with E-state index in [-0.39, 0.29) is 6.04 Å². The minimum Gasteiger partial charge on any atom is -0.388 e. The van der Waals surface area contributed by atoms with Crippen LogP contribution >= 0.6 is 0 Å². The van der Waals surface area contributed by atoms with E-state index < -0.39 is 5.60 Å². The fourth-order valence-electron chi connectivity index (χ4n) is 1.84. The number of nitrogens with two attached hydrogens (primary N) is 1. The van der Waals surface area contributed by atoms with E-state index >= 15 is 0 Å². The molecule has 2 heteroatoms. The van der Waals surface area contributed by atoms with Gasteiger partial charge in [-0.05, 0) is 31.6 Å². The zero-order chi connectivity index (χ0) is 7.90. The quantitative estimate of drug-likeness (QED) is 0.639. The van der Waals surface area contributed by atoms with Crippen LogP contribution in [0.1, 0.15) is 38.5 Å². The van der Waals surface area contributed by atoms with E-state index in [1.165, 1.54) is 12.8 Å². The molecule has 2 rings (SSSR count). The lowest BCUT2D eigenvalue weighted by molar-refractivity contribution is -0.0578. The largest absolute Gasteiger partial charge is 0.388 e. The molecule has 0 aromatic rings. The Balaban J connectivity index is 1.81. The maximum Gasteiger partial charge on any atom is 0.0798 e. The van der Waals surface area contributed by atoms with Crippen molar-refractivity contribution in [2.75, 3.05) is 0 Å². The van der Waals surface area contributed by atoms with E-state index in [9.17, 15) is 5.11 Å². The van der Waals surface area contributed by atoms with Crippen molar-refractivity contribution in [2.45, 2.75) is 50.2 Å². The summed E-state index contributed by atoms with van der Waals surface area (Å²) in [6.45, 7) is 0. The van der Waals surface area contributed by atoms with Crippen LogP contribution in [0.4, 0.5) is 0 Å². The van der Waals surface area contributed by atoms with Crippen LogP contribution in [0.5, 0.6) is 0 Å². The first-order chi connectivity index (χ1) is 5.21. The molecule has 0 aromatic heterocycles. The Hall–Kier alpha value is -0.0800. The van der Waals surface area contributed by atoms with E-state index in [1.54, 1.807) is 0 Å². The minimum absolute atomic E-state index is 0.0590. The van der Waals surface area contributed by atoms with Crippen molar-refractivity contribution in [1.82, 2.24) is 0 Å². The molecule has 0 spiro atoms. The zero-order valence-corrected chi connectivity index (χ0v) is 6.92. The molecular formula is C9H17NO. The van der Waals surface area contributed by atoms with Gasteiger partial charge in [-0.3, -0.25) is 0 Å². The summed E-state index contributed by atoms with van der Waals surface area (Å²) in [5.74, 6) is 0.842. The fourth-order valence-corrected chi connectivity index (χ4v) is 1.84. The third kappa shape index (κ3) is 1.42. The van der Waals surface area contributed by atoms with Crippen LogP contribution < -0.4 is 5.73 Å². The van der Waals surface area contributed by atoms with E-state index in [1.807, 2.05) is 0 Å². The second-order valence-electron chi connectivity index (χ2n) is 4.24. The first-order valence-electron chi connectivity index (χ1n) is 4.69. The molecule has 0 aromatic carbocycles. The van der Waals surface area contributed by atoms with Gasteiger partial charge in [-0.15, -0.1) is 0 Å². The molecule has 0 amide bonds. The van der Waals surface area contributed by atoms with Gasteiger partial charge in [-0.2, -0.15) is 0 Å². The molecule has 11 heavy (non-hydrogen) atoms. The number of aliphatic hydroxyl groups is 1. The van der Waals surface area contributed by atoms with Gasteiger partial charge in [0, 0.05) is 6.04 Å². The SMILES string of the molecule is NC(CC1CC1)C1(O)CCC1. The second kappa shape index (κ2) is 2.46. The monoisotopic (exact) mass is 155 g/mol. The van der Waals surface area contributed by atoms with Crippen LogP contribution in [0.2, 0.25) is 0 Å². The van der Waals surface area contributed by atoms with Crippen molar-refractivity contribution in [3.05, 3.63) is 0 Å². The summed E-state index contributed by atoms with van der Waals surface area (Å²) in [6, 6.07) is 0.0590. The Labute approximate surface area is 67.8 Å². The molecule has 0 saturated heterocycles. The summed E-state index contributed by atoms with van der Waals surface area (Å²) in [5, 5.41) is 9.83. The lowest BCUT2D eigenvalue weighted by atomic mass is 9.73. The highest BCUT2D eigenvalue weighted by atomic mass is 16.3. The Morgan fingerprint density at radius 2 is 2.09 bits per heavy atom. The van der Waals surface area contributed by atoms with E-state index in [0.29, 0.717) is 0 Å². The summed E-state index contributed by atoms with van der Waals surface area (Å²) in [4.78, 5) is 0. The van der Waals surface area contributed by atoms with Crippen molar-refractivity contribution in [1.29, 1.82) is 0 Å². The lowest BCUT2D eigenvalue weighted by Crippen LogP contribution is -2.53. The first kappa shape index (κ1) is 7.56. The molecule has 3 N–H and O–H groups in total. The van der Waals surface area contributed by atoms with E-state index in [0.717, 1.165) is 31.6 Å². The predicted molar refractivity (Wildman–Crippen MR) is 44.1 cm³/mol. The van der Waals surface area contributed by atoms with E-state index in [4.69, 9.17) is 5.73 Å². The van der Waals surface area contributed by atoms with Crippen LogP contribution in [-0.4, -0.2) is 16.7 Å². The molecule has 0 heterocycles. The molecule has 2 aliphatic rings. The van der Waals surface area contributed by atoms with Crippen molar-refractivity contribution in [3.8, 4) is 0 Å². The molecule has 2 aliphatic carbocycles. The Morgan fingerprint density at radius 3 is 2.45 bits per heavy atom. The standard InChI is InChI=1S/C9H17NO/c10-8(6-7-2-3-7)9(11)4-1-5-9/h7-8,11H,1-6,10H2. The Kier molecular flexibility index (Phi) is 1.69. The molecule has 0 aliphatic heterocycles. The van der Waals surface area contributed by atoms with Crippen molar-refractivity contribution < 1.29 is 5.11 Å². The molecule has 64 valence electrons. The summed E-state index contributed by atoms with van der Waals surface area (Å²) >= 11 is 0. The predicted octanol–water partition coefficient (Wildman–Crippen LogP) is 1.03. The van der Waals surface area contributed by atoms with Gasteiger partial charge in [0.2, 0.25) is 0 Å². The number of hydrogen-bond acceptors (Lipinski definition) is 2. The van der Waals surface area contributed by atoms with Crippen molar-refractivity contribution in [3.63, 3.8) is 0 Å². The van der Waals surface area contributed by atoms with Gasteiger partial charge >= 0.3 is 0 Å². The lowest BCUT2D eigenvalue weighted by Gasteiger charge is -2.41. The highest BCUT2D eigenvalue weighted by Crippen LogP contribution is 2.40. The van der Waals surface area contributed by atoms with Crippen LogP contribution in [-0.2, 0) is 0 Å². The number of hydrogen-bond donors (Lipinski definition) is 2. The normalized spacial score (nSPS) is 31.1.